The molecule has 0 aliphatic rings. The predicted octanol–water partition coefficient (Wildman–Crippen LogP) is 7.08. The third-order valence-corrected chi connectivity index (χ3v) is 4.50. The summed E-state index contributed by atoms with van der Waals surface area (Å²) in [6.07, 6.45) is 11.3. The Labute approximate surface area is 123 Å². The zero-order valence-corrected chi connectivity index (χ0v) is 14.9. The van der Waals surface area contributed by atoms with E-state index in [-0.39, 0.29) is 0 Å². The van der Waals surface area contributed by atoms with E-state index in [1.54, 1.807) is 0 Å². The highest BCUT2D eigenvalue weighted by Gasteiger charge is 2.31. The quantitative estimate of drug-likeness (QED) is 0.371. The Hall–Kier alpha value is 0. The minimum Gasteiger partial charge on any atom is -0.0654 e. The Morgan fingerprint density at radius 2 is 1.37 bits per heavy atom. The van der Waals surface area contributed by atoms with E-state index >= 15 is 0 Å². The van der Waals surface area contributed by atoms with Gasteiger partial charge in [0, 0.05) is 0 Å². The van der Waals surface area contributed by atoms with Crippen LogP contribution >= 0.6 is 0 Å². The molecule has 0 fully saturated rings. The monoisotopic (exact) mass is 268 g/mol. The van der Waals surface area contributed by atoms with Gasteiger partial charge in [-0.25, -0.2) is 0 Å². The Kier molecular flexibility index (Phi) is 9.83. The van der Waals surface area contributed by atoms with Gasteiger partial charge in [-0.2, -0.15) is 0 Å². The topological polar surface area (TPSA) is 0 Å². The van der Waals surface area contributed by atoms with Crippen molar-refractivity contribution in [1.82, 2.24) is 0 Å². The van der Waals surface area contributed by atoms with Gasteiger partial charge in [0.15, 0.2) is 0 Å². The number of rotatable bonds is 10. The van der Waals surface area contributed by atoms with Crippen molar-refractivity contribution in [2.45, 2.75) is 99.8 Å². The van der Waals surface area contributed by atoms with E-state index in [1.165, 1.54) is 51.4 Å². The lowest BCUT2D eigenvalue weighted by Gasteiger charge is -2.38. The van der Waals surface area contributed by atoms with Crippen LogP contribution in [0.4, 0.5) is 0 Å². The molecule has 2 atom stereocenters. The molecule has 0 aromatic rings. The van der Waals surface area contributed by atoms with Crippen LogP contribution in [0.25, 0.3) is 0 Å². The van der Waals surface area contributed by atoms with Crippen molar-refractivity contribution in [3.63, 3.8) is 0 Å². The van der Waals surface area contributed by atoms with Crippen LogP contribution in [-0.2, 0) is 0 Å². The van der Waals surface area contributed by atoms with Crippen molar-refractivity contribution >= 4 is 0 Å². The van der Waals surface area contributed by atoms with Crippen molar-refractivity contribution in [1.29, 1.82) is 0 Å². The molecule has 19 heavy (non-hydrogen) atoms. The van der Waals surface area contributed by atoms with Gasteiger partial charge in [0.1, 0.15) is 0 Å². The molecule has 0 aromatic carbocycles. The molecule has 0 saturated heterocycles. The lowest BCUT2D eigenvalue weighted by molar-refractivity contribution is 0.116. The highest BCUT2D eigenvalue weighted by molar-refractivity contribution is 4.81. The number of hydrogen-bond donors (Lipinski definition) is 0. The molecule has 2 unspecified atom stereocenters. The number of unbranched alkanes of at least 4 members (excludes halogenated alkanes) is 3. The maximum atomic E-state index is 2.46. The third-order valence-electron chi connectivity index (χ3n) is 4.50. The largest absolute Gasteiger partial charge is 0.0654 e. The predicted molar refractivity (Wildman–Crippen MR) is 89.6 cm³/mol. The average molecular weight is 269 g/mol. The van der Waals surface area contributed by atoms with E-state index in [0.717, 1.165) is 17.8 Å². The molecule has 0 nitrogen and oxygen atoms in total. The first-order chi connectivity index (χ1) is 8.82. The molecular weight excluding hydrogens is 228 g/mol. The maximum absolute atomic E-state index is 2.46. The molecule has 0 heterocycles. The fraction of sp³-hybridized carbons (Fsp3) is 1.00. The van der Waals surface area contributed by atoms with Crippen LogP contribution in [0.3, 0.4) is 0 Å². The summed E-state index contributed by atoms with van der Waals surface area (Å²) in [5.74, 6) is 2.70. The molecule has 0 rings (SSSR count). The Bertz CT molecular complexity index is 197. The first-order valence-electron chi connectivity index (χ1n) is 8.82. The van der Waals surface area contributed by atoms with Gasteiger partial charge >= 0.3 is 0 Å². The summed E-state index contributed by atoms with van der Waals surface area (Å²) in [6.45, 7) is 16.8. The minimum atomic E-state index is 0.473. The van der Waals surface area contributed by atoms with Gasteiger partial charge in [-0.3, -0.25) is 0 Å². The van der Waals surface area contributed by atoms with Crippen molar-refractivity contribution in [3.8, 4) is 0 Å². The lowest BCUT2D eigenvalue weighted by atomic mass is 9.67. The molecule has 0 saturated carbocycles. The fourth-order valence-electron chi connectivity index (χ4n) is 3.55. The van der Waals surface area contributed by atoms with Gasteiger partial charge in [0.2, 0.25) is 0 Å². The van der Waals surface area contributed by atoms with Crippen molar-refractivity contribution < 1.29 is 0 Å². The summed E-state index contributed by atoms with van der Waals surface area (Å²) in [7, 11) is 0. The summed E-state index contributed by atoms with van der Waals surface area (Å²) < 4.78 is 0. The summed E-state index contributed by atoms with van der Waals surface area (Å²) >= 11 is 0. The van der Waals surface area contributed by atoms with E-state index in [4.69, 9.17) is 0 Å². The second kappa shape index (κ2) is 9.83. The Balaban J connectivity index is 4.69. The Morgan fingerprint density at radius 3 is 1.79 bits per heavy atom. The third kappa shape index (κ3) is 8.71. The van der Waals surface area contributed by atoms with Crippen molar-refractivity contribution in [2.24, 2.45) is 23.2 Å². The minimum absolute atomic E-state index is 0.473. The molecule has 0 amide bonds. The van der Waals surface area contributed by atoms with E-state index < -0.39 is 0 Å². The molecule has 116 valence electrons. The molecule has 0 aromatic heterocycles. The maximum Gasteiger partial charge on any atom is -0.0337 e. The fourth-order valence-corrected chi connectivity index (χ4v) is 3.55. The molecule has 0 spiro atoms. The lowest BCUT2D eigenvalue weighted by Crippen LogP contribution is -2.29. The first kappa shape index (κ1) is 19.0. The van der Waals surface area contributed by atoms with E-state index in [1.807, 2.05) is 0 Å². The molecule has 0 bridgehead atoms. The first-order valence-corrected chi connectivity index (χ1v) is 8.82. The second-order valence-electron chi connectivity index (χ2n) is 8.00. The highest BCUT2D eigenvalue weighted by atomic mass is 14.4. The van der Waals surface area contributed by atoms with Gasteiger partial charge < -0.3 is 0 Å². The highest BCUT2D eigenvalue weighted by Crippen LogP contribution is 2.41. The van der Waals surface area contributed by atoms with Crippen LogP contribution in [0, 0.1) is 23.2 Å². The molecule has 0 heteroatoms. The van der Waals surface area contributed by atoms with Crippen LogP contribution < -0.4 is 0 Å². The van der Waals surface area contributed by atoms with Crippen LogP contribution in [-0.4, -0.2) is 0 Å². The van der Waals surface area contributed by atoms with Crippen LogP contribution in [0.15, 0.2) is 0 Å². The van der Waals surface area contributed by atoms with Crippen LogP contribution in [0.5, 0.6) is 0 Å². The Morgan fingerprint density at radius 1 is 0.789 bits per heavy atom. The van der Waals surface area contributed by atoms with Gasteiger partial charge in [-0.15, -0.1) is 0 Å². The van der Waals surface area contributed by atoms with E-state index in [0.29, 0.717) is 5.41 Å². The molecule has 0 aliphatic heterocycles. The summed E-state index contributed by atoms with van der Waals surface area (Å²) in [5, 5.41) is 0. The summed E-state index contributed by atoms with van der Waals surface area (Å²) in [6, 6.07) is 0. The normalized spacial score (nSPS) is 15.8. The SMILES string of the molecule is CCCCCC(C(CCCC)CC(C)C)C(C)(C)C. The molecule has 0 radical (unpaired) electrons. The van der Waals surface area contributed by atoms with Gasteiger partial charge in [-0.1, -0.05) is 87.0 Å². The zero-order valence-electron chi connectivity index (χ0n) is 14.9. The summed E-state index contributed by atoms with van der Waals surface area (Å²) in [5.41, 5.74) is 0.473. The molecule has 0 N–H and O–H groups in total. The van der Waals surface area contributed by atoms with Crippen LogP contribution in [0.2, 0.25) is 0 Å². The van der Waals surface area contributed by atoms with Crippen molar-refractivity contribution in [3.05, 3.63) is 0 Å². The van der Waals surface area contributed by atoms with E-state index in [2.05, 4.69) is 48.5 Å². The van der Waals surface area contributed by atoms with Gasteiger partial charge in [0.05, 0.1) is 0 Å². The van der Waals surface area contributed by atoms with Crippen molar-refractivity contribution in [2.75, 3.05) is 0 Å². The molecule has 0 aliphatic carbocycles. The standard InChI is InChI=1S/C19H40/c1-8-10-12-14-18(19(5,6)7)17(13-11-9-2)15-16(3)4/h16-18H,8-15H2,1-7H3. The molecular formula is C19H40. The summed E-state index contributed by atoms with van der Waals surface area (Å²) in [4.78, 5) is 0. The van der Waals surface area contributed by atoms with Gasteiger partial charge in [0.25, 0.3) is 0 Å². The smallest absolute Gasteiger partial charge is 0.0337 e. The zero-order chi connectivity index (χ0) is 14.9. The average Bonchev–Trinajstić information content (AvgIpc) is 2.28. The van der Waals surface area contributed by atoms with Gasteiger partial charge in [-0.05, 0) is 36.0 Å². The van der Waals surface area contributed by atoms with E-state index in [9.17, 15) is 0 Å². The second-order valence-corrected chi connectivity index (χ2v) is 8.00. The van der Waals surface area contributed by atoms with Crippen LogP contribution in [0.1, 0.15) is 99.8 Å². The number of hydrogen-bond acceptors (Lipinski definition) is 0.